The van der Waals surface area contributed by atoms with Crippen LogP contribution in [-0.2, 0) is 13.1 Å². The summed E-state index contributed by atoms with van der Waals surface area (Å²) in [5, 5.41) is 7.14. The Morgan fingerprint density at radius 2 is 1.76 bits per heavy atom. The zero-order valence-corrected chi connectivity index (χ0v) is 15.6. The Labute approximate surface area is 167 Å². The molecule has 0 aliphatic carbocycles. The molecule has 29 heavy (non-hydrogen) atoms. The number of hydrogen-bond donors (Lipinski definition) is 1. The van der Waals surface area contributed by atoms with Crippen LogP contribution in [0.4, 0.5) is 5.69 Å². The van der Waals surface area contributed by atoms with Crippen molar-refractivity contribution in [2.75, 3.05) is 5.32 Å². The molecule has 1 amide bonds. The first kappa shape index (κ1) is 18.4. The average molecular weight is 385 g/mol. The highest BCUT2D eigenvalue weighted by atomic mass is 16.2. The third-order valence-electron chi connectivity index (χ3n) is 4.38. The van der Waals surface area contributed by atoms with Gasteiger partial charge in [-0.2, -0.15) is 5.10 Å². The van der Waals surface area contributed by atoms with Crippen LogP contribution >= 0.6 is 0 Å². The maximum Gasteiger partial charge on any atom is 0.276 e. The first-order chi connectivity index (χ1) is 14.2. The van der Waals surface area contributed by atoms with Crippen LogP contribution < -0.4 is 10.9 Å². The smallest absolute Gasteiger partial charge is 0.276 e. The van der Waals surface area contributed by atoms with Gasteiger partial charge >= 0.3 is 0 Å². The highest BCUT2D eigenvalue weighted by molar-refractivity contribution is 6.02. The van der Waals surface area contributed by atoms with E-state index >= 15 is 0 Å². The summed E-state index contributed by atoms with van der Waals surface area (Å²) in [6, 6.07) is 18.3. The number of nitrogens with one attached hydrogen (secondary N) is 1. The summed E-state index contributed by atoms with van der Waals surface area (Å²) in [6.45, 7) is 0.964. The molecule has 3 aromatic heterocycles. The predicted octanol–water partition coefficient (Wildman–Crippen LogP) is 2.79. The molecule has 0 spiro atoms. The van der Waals surface area contributed by atoms with Crippen molar-refractivity contribution in [3.8, 4) is 0 Å². The quantitative estimate of drug-likeness (QED) is 0.553. The van der Waals surface area contributed by atoms with Crippen LogP contribution in [0.2, 0.25) is 0 Å². The van der Waals surface area contributed by atoms with Crippen LogP contribution in [0.1, 0.15) is 21.6 Å². The van der Waals surface area contributed by atoms with Crippen molar-refractivity contribution in [1.82, 2.24) is 19.3 Å². The van der Waals surface area contributed by atoms with Crippen molar-refractivity contribution < 1.29 is 4.79 Å². The summed E-state index contributed by atoms with van der Waals surface area (Å²) in [7, 11) is 0. The number of carbonyl (C=O) groups excluding carboxylic acids is 1. The molecule has 3 heterocycles. The van der Waals surface area contributed by atoms with E-state index in [4.69, 9.17) is 0 Å². The van der Waals surface area contributed by atoms with Gasteiger partial charge in [0.2, 0.25) is 0 Å². The van der Waals surface area contributed by atoms with E-state index in [1.165, 1.54) is 10.6 Å². The van der Waals surface area contributed by atoms with Gasteiger partial charge in [-0.15, -0.1) is 0 Å². The first-order valence-electron chi connectivity index (χ1n) is 9.15. The Balaban J connectivity index is 1.46. The molecule has 144 valence electrons. The van der Waals surface area contributed by atoms with E-state index in [1.54, 1.807) is 41.6 Å². The molecule has 0 fully saturated rings. The molecule has 0 aliphatic rings. The molecule has 0 aliphatic heterocycles. The van der Waals surface area contributed by atoms with E-state index in [0.717, 1.165) is 11.1 Å². The number of benzene rings is 1. The second-order valence-corrected chi connectivity index (χ2v) is 6.58. The molecule has 0 radical (unpaired) electrons. The predicted molar refractivity (Wildman–Crippen MR) is 110 cm³/mol. The fraction of sp³-hybridized carbons (Fsp3) is 0.0909. The van der Waals surface area contributed by atoms with Crippen LogP contribution in [0.3, 0.4) is 0 Å². The number of anilines is 1. The number of carbonyl (C=O) groups is 1. The number of pyridine rings is 2. The third kappa shape index (κ3) is 4.65. The minimum absolute atomic E-state index is 0.154. The van der Waals surface area contributed by atoms with E-state index in [2.05, 4.69) is 15.4 Å². The van der Waals surface area contributed by atoms with Crippen LogP contribution in [0, 0.1) is 0 Å². The Morgan fingerprint density at radius 1 is 0.931 bits per heavy atom. The summed E-state index contributed by atoms with van der Waals surface area (Å²) in [5.41, 5.74) is 2.68. The molecule has 0 bridgehead atoms. The lowest BCUT2D eigenvalue weighted by Gasteiger charge is -2.09. The van der Waals surface area contributed by atoms with Gasteiger partial charge in [0.1, 0.15) is 0 Å². The van der Waals surface area contributed by atoms with E-state index in [0.29, 0.717) is 24.5 Å². The highest BCUT2D eigenvalue weighted by Gasteiger charge is 2.11. The molecule has 0 saturated carbocycles. The molecule has 1 aromatic carbocycles. The molecule has 0 atom stereocenters. The second-order valence-electron chi connectivity index (χ2n) is 6.58. The van der Waals surface area contributed by atoms with Crippen LogP contribution in [0.15, 0.2) is 90.2 Å². The van der Waals surface area contributed by atoms with Gasteiger partial charge in [-0.1, -0.05) is 36.4 Å². The van der Waals surface area contributed by atoms with Crippen molar-refractivity contribution >= 4 is 11.6 Å². The normalized spacial score (nSPS) is 10.6. The zero-order chi connectivity index (χ0) is 20.1. The Kier molecular flexibility index (Phi) is 5.29. The monoisotopic (exact) mass is 385 g/mol. The Bertz CT molecular complexity index is 1170. The van der Waals surface area contributed by atoms with Crippen molar-refractivity contribution in [2.24, 2.45) is 0 Å². The number of aromatic nitrogens is 4. The molecule has 7 heteroatoms. The Morgan fingerprint density at radius 3 is 2.55 bits per heavy atom. The summed E-state index contributed by atoms with van der Waals surface area (Å²) in [5.74, 6) is -0.330. The van der Waals surface area contributed by atoms with Crippen molar-refractivity contribution in [3.63, 3.8) is 0 Å². The van der Waals surface area contributed by atoms with Crippen molar-refractivity contribution in [1.29, 1.82) is 0 Å². The van der Waals surface area contributed by atoms with Crippen LogP contribution in [-0.4, -0.2) is 25.2 Å². The molecule has 4 aromatic rings. The van der Waals surface area contributed by atoms with Gasteiger partial charge in [0.25, 0.3) is 11.5 Å². The maximum absolute atomic E-state index is 12.6. The van der Waals surface area contributed by atoms with Gasteiger partial charge in [-0.25, -0.2) is 0 Å². The number of amides is 1. The van der Waals surface area contributed by atoms with Crippen molar-refractivity contribution in [2.45, 2.75) is 13.1 Å². The van der Waals surface area contributed by atoms with Gasteiger partial charge < -0.3 is 9.88 Å². The fourth-order valence-corrected chi connectivity index (χ4v) is 2.95. The number of nitrogens with zero attached hydrogens (tertiary/aromatic N) is 4. The standard InChI is InChI=1S/C22H19N5O2/c28-21-9-8-19(16-26(21)14-18-7-4-11-23-13-18)24-22(29)20-10-12-27(25-20)15-17-5-2-1-3-6-17/h1-13,16H,14-15H2,(H,24,29). The molecular formula is C22H19N5O2. The van der Waals surface area contributed by atoms with Gasteiger partial charge in [0, 0.05) is 30.9 Å². The van der Waals surface area contributed by atoms with Crippen LogP contribution in [0.5, 0.6) is 0 Å². The third-order valence-corrected chi connectivity index (χ3v) is 4.38. The lowest BCUT2D eigenvalue weighted by molar-refractivity contribution is 0.102. The molecule has 0 unspecified atom stereocenters. The van der Waals surface area contributed by atoms with Crippen molar-refractivity contribution in [3.05, 3.63) is 113 Å². The second kappa shape index (κ2) is 8.35. The lowest BCUT2D eigenvalue weighted by atomic mass is 10.2. The van der Waals surface area contributed by atoms with E-state index in [-0.39, 0.29) is 11.5 Å². The summed E-state index contributed by atoms with van der Waals surface area (Å²) in [6.07, 6.45) is 6.77. The fourth-order valence-electron chi connectivity index (χ4n) is 2.95. The average Bonchev–Trinajstić information content (AvgIpc) is 3.21. The highest BCUT2D eigenvalue weighted by Crippen LogP contribution is 2.09. The van der Waals surface area contributed by atoms with E-state index in [9.17, 15) is 9.59 Å². The Hall–Kier alpha value is -4.00. The number of hydrogen-bond acceptors (Lipinski definition) is 4. The molecule has 1 N–H and O–H groups in total. The minimum atomic E-state index is -0.330. The summed E-state index contributed by atoms with van der Waals surface area (Å²) >= 11 is 0. The number of rotatable bonds is 6. The topological polar surface area (TPSA) is 81.8 Å². The molecular weight excluding hydrogens is 366 g/mol. The van der Waals surface area contributed by atoms with Gasteiger partial charge in [-0.05, 0) is 29.3 Å². The molecule has 7 nitrogen and oxygen atoms in total. The van der Waals surface area contributed by atoms with E-state index < -0.39 is 0 Å². The first-order valence-corrected chi connectivity index (χ1v) is 9.15. The molecule has 4 rings (SSSR count). The lowest BCUT2D eigenvalue weighted by Crippen LogP contribution is -2.21. The maximum atomic E-state index is 12.6. The molecule has 0 saturated heterocycles. The van der Waals surface area contributed by atoms with Gasteiger partial charge in [0.15, 0.2) is 5.69 Å². The largest absolute Gasteiger partial charge is 0.319 e. The van der Waals surface area contributed by atoms with Gasteiger partial charge in [-0.3, -0.25) is 19.3 Å². The summed E-state index contributed by atoms with van der Waals surface area (Å²) < 4.78 is 3.24. The van der Waals surface area contributed by atoms with E-state index in [1.807, 2.05) is 42.5 Å². The minimum Gasteiger partial charge on any atom is -0.319 e. The van der Waals surface area contributed by atoms with Gasteiger partial charge in [0.05, 0.1) is 18.8 Å². The zero-order valence-electron chi connectivity index (χ0n) is 15.6. The summed E-state index contributed by atoms with van der Waals surface area (Å²) in [4.78, 5) is 28.7. The SMILES string of the molecule is O=C(Nc1ccc(=O)n(Cc2cccnc2)c1)c1ccn(Cc2ccccc2)n1. The van der Waals surface area contributed by atoms with Crippen LogP contribution in [0.25, 0.3) is 0 Å².